The van der Waals surface area contributed by atoms with Gasteiger partial charge in [-0.1, -0.05) is 30.3 Å². The van der Waals surface area contributed by atoms with E-state index in [0.717, 1.165) is 5.69 Å². The first-order valence-electron chi connectivity index (χ1n) is 7.20. The predicted octanol–water partition coefficient (Wildman–Crippen LogP) is 3.55. The highest BCUT2D eigenvalue weighted by atomic mass is 32.2. The SMILES string of the molecule is Cc1c(/N=N/c2ccccc2S(=O)(=O)O)c(O)nn1-c1ccccc1. The maximum atomic E-state index is 11.4. The summed E-state index contributed by atoms with van der Waals surface area (Å²) >= 11 is 0. The van der Waals surface area contributed by atoms with E-state index >= 15 is 0 Å². The van der Waals surface area contributed by atoms with Gasteiger partial charge in [0.15, 0.2) is 5.69 Å². The topological polar surface area (TPSA) is 117 Å². The molecule has 0 fully saturated rings. The molecule has 2 N–H and O–H groups in total. The second kappa shape index (κ2) is 6.46. The quantitative estimate of drug-likeness (QED) is 0.546. The molecule has 8 nitrogen and oxygen atoms in total. The van der Waals surface area contributed by atoms with E-state index in [9.17, 15) is 18.1 Å². The van der Waals surface area contributed by atoms with Gasteiger partial charge in [-0.3, -0.25) is 4.55 Å². The molecule has 0 radical (unpaired) electrons. The molecule has 9 heteroatoms. The van der Waals surface area contributed by atoms with Gasteiger partial charge in [0.1, 0.15) is 10.6 Å². The van der Waals surface area contributed by atoms with Crippen LogP contribution in [0.15, 0.2) is 69.7 Å². The molecular weight excluding hydrogens is 344 g/mol. The fourth-order valence-electron chi connectivity index (χ4n) is 2.28. The zero-order chi connectivity index (χ0) is 18.0. The Balaban J connectivity index is 2.03. The summed E-state index contributed by atoms with van der Waals surface area (Å²) in [5.41, 5.74) is 1.32. The molecule has 0 atom stereocenters. The summed E-state index contributed by atoms with van der Waals surface area (Å²) in [4.78, 5) is -0.369. The van der Waals surface area contributed by atoms with E-state index in [1.54, 1.807) is 13.0 Å². The number of nitrogens with zero attached hydrogens (tertiary/aromatic N) is 4. The van der Waals surface area contributed by atoms with E-state index < -0.39 is 10.1 Å². The van der Waals surface area contributed by atoms with Gasteiger partial charge in [0, 0.05) is 0 Å². The molecule has 0 unspecified atom stereocenters. The number of azo groups is 1. The third-order valence-corrected chi connectivity index (χ3v) is 4.37. The smallest absolute Gasteiger partial charge is 0.296 e. The standard InChI is InChI=1S/C16H14N4O4S/c1-11-15(16(21)19-20(11)12-7-3-2-4-8-12)18-17-13-9-5-6-10-14(13)25(22,23)24/h2-10H,1H3,(H,19,21)(H,22,23,24)/b18-17+. The Morgan fingerprint density at radius 1 is 1.00 bits per heavy atom. The van der Waals surface area contributed by atoms with Crippen LogP contribution in [0.1, 0.15) is 5.69 Å². The van der Waals surface area contributed by atoms with Gasteiger partial charge >= 0.3 is 0 Å². The number of hydrogen-bond acceptors (Lipinski definition) is 6. The summed E-state index contributed by atoms with van der Waals surface area (Å²) in [6.07, 6.45) is 0. The molecule has 0 amide bonds. The van der Waals surface area contributed by atoms with E-state index in [4.69, 9.17) is 0 Å². The second-order valence-electron chi connectivity index (χ2n) is 5.15. The Morgan fingerprint density at radius 2 is 1.64 bits per heavy atom. The van der Waals surface area contributed by atoms with E-state index in [0.29, 0.717) is 5.69 Å². The fraction of sp³-hybridized carbons (Fsp3) is 0.0625. The highest BCUT2D eigenvalue weighted by molar-refractivity contribution is 7.86. The van der Waals surface area contributed by atoms with Crippen molar-refractivity contribution in [2.45, 2.75) is 11.8 Å². The summed E-state index contributed by atoms with van der Waals surface area (Å²) in [5.74, 6) is -0.338. The predicted molar refractivity (Wildman–Crippen MR) is 90.4 cm³/mol. The van der Waals surface area contributed by atoms with Crippen LogP contribution < -0.4 is 0 Å². The second-order valence-corrected chi connectivity index (χ2v) is 6.54. The van der Waals surface area contributed by atoms with Gasteiger partial charge in [0.2, 0.25) is 0 Å². The maximum absolute atomic E-state index is 11.4. The van der Waals surface area contributed by atoms with Crippen LogP contribution in [0.5, 0.6) is 5.88 Å². The first kappa shape index (κ1) is 16.8. The van der Waals surface area contributed by atoms with Crippen LogP contribution >= 0.6 is 0 Å². The number of aromatic nitrogens is 2. The molecule has 0 spiro atoms. The van der Waals surface area contributed by atoms with Crippen molar-refractivity contribution in [1.82, 2.24) is 9.78 Å². The monoisotopic (exact) mass is 358 g/mol. The fourth-order valence-corrected chi connectivity index (χ4v) is 2.90. The molecule has 0 aliphatic rings. The molecule has 0 aliphatic carbocycles. The van der Waals surface area contributed by atoms with Crippen LogP contribution in [0.3, 0.4) is 0 Å². The van der Waals surface area contributed by atoms with Crippen molar-refractivity contribution in [3.63, 3.8) is 0 Å². The van der Waals surface area contributed by atoms with Crippen molar-refractivity contribution < 1.29 is 18.1 Å². The minimum atomic E-state index is -4.43. The minimum Gasteiger partial charge on any atom is -0.491 e. The first-order chi connectivity index (χ1) is 11.9. The third-order valence-electron chi connectivity index (χ3n) is 3.47. The molecular formula is C16H14N4O4S. The van der Waals surface area contributed by atoms with Gasteiger partial charge in [0.25, 0.3) is 16.0 Å². The number of hydrogen-bond donors (Lipinski definition) is 2. The average molecular weight is 358 g/mol. The van der Waals surface area contributed by atoms with Gasteiger partial charge in [-0.15, -0.1) is 15.3 Å². The van der Waals surface area contributed by atoms with Gasteiger partial charge in [-0.25, -0.2) is 4.68 Å². The molecule has 2 aromatic carbocycles. The third kappa shape index (κ3) is 3.42. The van der Waals surface area contributed by atoms with Crippen LogP contribution in [0.25, 0.3) is 5.69 Å². The lowest BCUT2D eigenvalue weighted by atomic mass is 10.3. The van der Waals surface area contributed by atoms with Crippen molar-refractivity contribution >= 4 is 21.5 Å². The van der Waals surface area contributed by atoms with Crippen molar-refractivity contribution in [1.29, 1.82) is 0 Å². The van der Waals surface area contributed by atoms with Crippen LogP contribution in [-0.4, -0.2) is 27.9 Å². The zero-order valence-corrected chi connectivity index (χ0v) is 13.9. The van der Waals surface area contributed by atoms with Crippen molar-refractivity contribution in [2.24, 2.45) is 10.2 Å². The molecule has 0 bridgehead atoms. The van der Waals surface area contributed by atoms with Gasteiger partial charge in [-0.05, 0) is 31.2 Å². The number of rotatable bonds is 4. The lowest BCUT2D eigenvalue weighted by molar-refractivity contribution is 0.448. The molecule has 25 heavy (non-hydrogen) atoms. The summed E-state index contributed by atoms with van der Waals surface area (Å²) in [5, 5.41) is 21.8. The van der Waals surface area contributed by atoms with Crippen molar-refractivity contribution in [2.75, 3.05) is 0 Å². The number of benzene rings is 2. The highest BCUT2D eigenvalue weighted by Crippen LogP contribution is 2.33. The first-order valence-corrected chi connectivity index (χ1v) is 8.64. The van der Waals surface area contributed by atoms with Gasteiger partial charge in [0.05, 0.1) is 11.4 Å². The molecule has 128 valence electrons. The van der Waals surface area contributed by atoms with Crippen LogP contribution in [0.2, 0.25) is 0 Å². The number of para-hydroxylation sites is 1. The van der Waals surface area contributed by atoms with Crippen LogP contribution in [0.4, 0.5) is 11.4 Å². The summed E-state index contributed by atoms with van der Waals surface area (Å²) < 4.78 is 33.5. The van der Waals surface area contributed by atoms with Crippen LogP contribution in [-0.2, 0) is 10.1 Å². The molecule has 0 saturated carbocycles. The van der Waals surface area contributed by atoms with Gasteiger partial charge < -0.3 is 5.11 Å². The molecule has 3 rings (SSSR count). The Labute approximate surface area is 143 Å². The van der Waals surface area contributed by atoms with E-state index in [1.807, 2.05) is 30.3 Å². The molecule has 1 heterocycles. The zero-order valence-electron chi connectivity index (χ0n) is 13.1. The van der Waals surface area contributed by atoms with Gasteiger partial charge in [-0.2, -0.15) is 8.42 Å². The van der Waals surface area contributed by atoms with Crippen molar-refractivity contribution in [3.05, 3.63) is 60.3 Å². The van der Waals surface area contributed by atoms with Crippen LogP contribution in [0, 0.1) is 6.92 Å². The average Bonchev–Trinajstić information content (AvgIpc) is 2.87. The van der Waals surface area contributed by atoms with E-state index in [2.05, 4.69) is 15.3 Å². The van der Waals surface area contributed by atoms with E-state index in [1.165, 1.54) is 22.9 Å². The Hall–Kier alpha value is -3.04. The lowest BCUT2D eigenvalue weighted by Crippen LogP contribution is -1.98. The molecule has 1 aromatic heterocycles. The highest BCUT2D eigenvalue weighted by Gasteiger charge is 2.17. The summed E-state index contributed by atoms with van der Waals surface area (Å²) in [7, 11) is -4.43. The Kier molecular flexibility index (Phi) is 4.34. The number of aromatic hydroxyl groups is 1. The summed E-state index contributed by atoms with van der Waals surface area (Å²) in [6.45, 7) is 1.70. The largest absolute Gasteiger partial charge is 0.491 e. The van der Waals surface area contributed by atoms with E-state index in [-0.39, 0.29) is 22.2 Å². The normalized spacial score (nSPS) is 11.9. The Morgan fingerprint density at radius 3 is 2.32 bits per heavy atom. The lowest BCUT2D eigenvalue weighted by Gasteiger charge is -2.03. The van der Waals surface area contributed by atoms with Crippen molar-refractivity contribution in [3.8, 4) is 11.6 Å². The molecule has 3 aromatic rings. The summed E-state index contributed by atoms with van der Waals surface area (Å²) in [6, 6.07) is 14.8. The molecule has 0 aliphatic heterocycles. The maximum Gasteiger partial charge on any atom is 0.296 e. The molecule has 0 saturated heterocycles. The Bertz CT molecular complexity index is 1040. The minimum absolute atomic E-state index is 0.0451.